The Morgan fingerprint density at radius 1 is 0.826 bits per heavy atom. The molecule has 0 spiro atoms. The Kier molecular flexibility index (Phi) is 9.67. The number of anilines is 1. The number of carbonyl (C=O) groups excluding carboxylic acids is 1. The zero-order valence-electron chi connectivity index (χ0n) is 26.6. The molecule has 3 aromatic carbocycles. The number of piperidine rings is 2. The van der Waals surface area contributed by atoms with Gasteiger partial charge >= 0.3 is 6.09 Å². The highest BCUT2D eigenvalue weighted by atomic mass is 32.2. The number of ether oxygens (including phenoxy) is 1. The summed E-state index contributed by atoms with van der Waals surface area (Å²) in [6.45, 7) is 3.74. The Balaban J connectivity index is 1.10. The van der Waals surface area contributed by atoms with Crippen LogP contribution in [0.5, 0.6) is 0 Å². The number of amides is 1. The van der Waals surface area contributed by atoms with Crippen LogP contribution in [0, 0.1) is 23.2 Å². The number of sulfone groups is 1. The molecule has 3 aliphatic rings. The molecule has 0 aromatic heterocycles. The van der Waals surface area contributed by atoms with Crippen molar-refractivity contribution in [2.75, 3.05) is 38.1 Å². The predicted octanol–water partition coefficient (Wildman–Crippen LogP) is 6.19. The van der Waals surface area contributed by atoms with Gasteiger partial charge in [-0.1, -0.05) is 48.5 Å². The maximum Gasteiger partial charge on any atom is 0.407 e. The third kappa shape index (κ3) is 6.25. The highest BCUT2D eigenvalue weighted by Gasteiger charge is 2.53. The van der Waals surface area contributed by atoms with Crippen molar-refractivity contribution in [2.24, 2.45) is 11.8 Å². The Bertz CT molecular complexity index is 1610. The molecule has 46 heavy (non-hydrogen) atoms. The zero-order valence-corrected chi connectivity index (χ0v) is 27.4. The van der Waals surface area contributed by atoms with Gasteiger partial charge in [-0.2, -0.15) is 5.26 Å². The van der Waals surface area contributed by atoms with Crippen molar-refractivity contribution in [2.45, 2.75) is 72.3 Å². The number of nitrogens with zero attached hydrogens (tertiary/aromatic N) is 3. The summed E-state index contributed by atoms with van der Waals surface area (Å²) in [5.41, 5.74) is 1.40. The van der Waals surface area contributed by atoms with Crippen LogP contribution in [0.2, 0.25) is 0 Å². The SMILES string of the molecule is CNC(=O)O[C@H]1CCC[C@@H]1C(C#N)(c1ccccc1)C1CCN(C2CCN(c3ccc(S(=O)(=O)c4ccccc4)cc3)CC2)CC1. The minimum absolute atomic E-state index is 0.0361. The van der Waals surface area contributed by atoms with E-state index in [2.05, 4.69) is 33.3 Å². The fourth-order valence-corrected chi connectivity index (χ4v) is 9.55. The van der Waals surface area contributed by atoms with Gasteiger partial charge in [-0.05, 0) is 106 Å². The van der Waals surface area contributed by atoms with Gasteiger partial charge in [-0.15, -0.1) is 0 Å². The number of nitriles is 1. The molecule has 6 rings (SSSR count). The van der Waals surface area contributed by atoms with E-state index in [1.807, 2.05) is 36.4 Å². The van der Waals surface area contributed by atoms with Crippen molar-refractivity contribution in [3.63, 3.8) is 0 Å². The van der Waals surface area contributed by atoms with Crippen LogP contribution in [0.1, 0.15) is 50.5 Å². The highest BCUT2D eigenvalue weighted by Crippen LogP contribution is 2.51. The summed E-state index contributed by atoms with van der Waals surface area (Å²) in [4.78, 5) is 17.8. The van der Waals surface area contributed by atoms with E-state index in [1.165, 1.54) is 0 Å². The smallest absolute Gasteiger partial charge is 0.407 e. The largest absolute Gasteiger partial charge is 0.446 e. The van der Waals surface area contributed by atoms with E-state index in [0.29, 0.717) is 15.8 Å². The molecule has 0 bridgehead atoms. The first-order chi connectivity index (χ1) is 22.4. The fourth-order valence-electron chi connectivity index (χ4n) is 8.27. The number of hydrogen-bond donors (Lipinski definition) is 1. The molecule has 0 radical (unpaired) electrons. The van der Waals surface area contributed by atoms with Gasteiger partial charge in [0.25, 0.3) is 0 Å². The molecule has 1 aliphatic carbocycles. The van der Waals surface area contributed by atoms with E-state index in [9.17, 15) is 18.5 Å². The number of benzene rings is 3. The zero-order chi connectivity index (χ0) is 32.1. The second-order valence-corrected chi connectivity index (χ2v) is 14.9. The molecule has 2 saturated heterocycles. The lowest BCUT2D eigenvalue weighted by atomic mass is 9.59. The van der Waals surface area contributed by atoms with Gasteiger partial charge in [0.15, 0.2) is 0 Å². The molecule has 2 aliphatic heterocycles. The van der Waals surface area contributed by atoms with Crippen LogP contribution in [0.25, 0.3) is 0 Å². The van der Waals surface area contributed by atoms with Crippen LogP contribution < -0.4 is 10.2 Å². The lowest BCUT2D eigenvalue weighted by Gasteiger charge is -2.48. The Hall–Kier alpha value is -3.87. The number of rotatable bonds is 8. The maximum atomic E-state index is 13.0. The average molecular weight is 641 g/mol. The van der Waals surface area contributed by atoms with Gasteiger partial charge in [-0.25, -0.2) is 13.2 Å². The minimum Gasteiger partial charge on any atom is -0.446 e. The van der Waals surface area contributed by atoms with Gasteiger partial charge in [0.1, 0.15) is 6.10 Å². The second-order valence-electron chi connectivity index (χ2n) is 12.9. The maximum absolute atomic E-state index is 13.0. The van der Waals surface area contributed by atoms with Crippen molar-refractivity contribution < 1.29 is 17.9 Å². The van der Waals surface area contributed by atoms with Crippen LogP contribution in [0.3, 0.4) is 0 Å². The molecule has 1 unspecified atom stereocenters. The highest BCUT2D eigenvalue weighted by molar-refractivity contribution is 7.91. The quantitative estimate of drug-likeness (QED) is 0.313. The van der Waals surface area contributed by atoms with Crippen molar-refractivity contribution in [1.29, 1.82) is 5.26 Å². The molecule has 2 heterocycles. The standard InChI is InChI=1S/C37H44N4O4S/c1-39-36(42)45-35-14-8-13-34(35)37(27-38,28-9-4-2-5-10-28)29-19-23-40(24-20-29)31-21-25-41(26-22-31)30-15-17-33(18-16-30)46(43,44)32-11-6-3-7-12-32/h2-7,9-12,15-18,29,31,34-35H,8,13-14,19-26H2,1H3,(H,39,42)/t34-,35-,37?/m0/s1. The molecule has 3 aromatic rings. The Morgan fingerprint density at radius 2 is 1.43 bits per heavy atom. The Morgan fingerprint density at radius 3 is 2.04 bits per heavy atom. The van der Waals surface area contributed by atoms with Crippen LogP contribution in [0.15, 0.2) is 94.7 Å². The second kappa shape index (κ2) is 13.9. The normalized spacial score (nSPS) is 22.9. The summed E-state index contributed by atoms with van der Waals surface area (Å²) in [5, 5.41) is 13.6. The van der Waals surface area contributed by atoms with Gasteiger partial charge < -0.3 is 19.9 Å². The third-order valence-corrected chi connectivity index (χ3v) is 12.4. The monoisotopic (exact) mass is 640 g/mol. The van der Waals surface area contributed by atoms with E-state index in [4.69, 9.17) is 4.74 Å². The van der Waals surface area contributed by atoms with E-state index in [0.717, 1.165) is 82.4 Å². The first-order valence-electron chi connectivity index (χ1n) is 16.6. The summed E-state index contributed by atoms with van der Waals surface area (Å²) in [6.07, 6.45) is 5.88. The molecule has 3 atom stereocenters. The van der Waals surface area contributed by atoms with Gasteiger partial charge in [0, 0.05) is 37.8 Å². The number of hydrogen-bond acceptors (Lipinski definition) is 7. The molecule has 9 heteroatoms. The number of carbonyl (C=O) groups is 1. The lowest BCUT2D eigenvalue weighted by Crippen LogP contribution is -2.52. The molecular formula is C37H44N4O4S. The first-order valence-corrected chi connectivity index (χ1v) is 18.1. The first kappa shape index (κ1) is 32.1. The molecular weight excluding hydrogens is 596 g/mol. The van der Waals surface area contributed by atoms with E-state index in [1.54, 1.807) is 43.4 Å². The lowest BCUT2D eigenvalue weighted by molar-refractivity contribution is 0.0258. The molecule has 1 N–H and O–H groups in total. The minimum atomic E-state index is -3.53. The van der Waals surface area contributed by atoms with Crippen molar-refractivity contribution in [3.8, 4) is 6.07 Å². The molecule has 3 fully saturated rings. The average Bonchev–Trinajstić information content (AvgIpc) is 3.58. The molecule has 1 saturated carbocycles. The van der Waals surface area contributed by atoms with Crippen LogP contribution in [-0.2, 0) is 20.0 Å². The predicted molar refractivity (Wildman–Crippen MR) is 178 cm³/mol. The molecule has 8 nitrogen and oxygen atoms in total. The number of likely N-dealkylation sites (tertiary alicyclic amines) is 1. The van der Waals surface area contributed by atoms with Crippen molar-refractivity contribution >= 4 is 21.6 Å². The third-order valence-electron chi connectivity index (χ3n) is 10.7. The van der Waals surface area contributed by atoms with Crippen molar-refractivity contribution in [1.82, 2.24) is 10.2 Å². The summed E-state index contributed by atoms with van der Waals surface area (Å²) < 4.78 is 31.9. The number of nitrogens with one attached hydrogen (secondary N) is 1. The fraction of sp³-hybridized carbons (Fsp3) is 0.459. The summed E-state index contributed by atoms with van der Waals surface area (Å²) in [7, 11) is -1.95. The van der Waals surface area contributed by atoms with Crippen LogP contribution in [0.4, 0.5) is 10.5 Å². The molecule has 1 amide bonds. The van der Waals surface area contributed by atoms with E-state index >= 15 is 0 Å². The summed E-state index contributed by atoms with van der Waals surface area (Å²) in [6, 6.07) is 29.4. The summed E-state index contributed by atoms with van der Waals surface area (Å²) >= 11 is 0. The summed E-state index contributed by atoms with van der Waals surface area (Å²) in [5.74, 6) is 0.145. The van der Waals surface area contributed by atoms with Gasteiger partial charge in [0.05, 0.1) is 21.3 Å². The molecule has 242 valence electrons. The Labute approximate surface area is 273 Å². The van der Waals surface area contributed by atoms with Crippen molar-refractivity contribution in [3.05, 3.63) is 90.5 Å². The van der Waals surface area contributed by atoms with E-state index < -0.39 is 21.3 Å². The number of alkyl carbamates (subject to hydrolysis) is 1. The van der Waals surface area contributed by atoms with Crippen LogP contribution >= 0.6 is 0 Å². The van der Waals surface area contributed by atoms with Gasteiger partial charge in [0.2, 0.25) is 9.84 Å². The van der Waals surface area contributed by atoms with Crippen LogP contribution in [-0.4, -0.2) is 64.8 Å². The topological polar surface area (TPSA) is 103 Å². The van der Waals surface area contributed by atoms with E-state index in [-0.39, 0.29) is 17.9 Å². The van der Waals surface area contributed by atoms with Gasteiger partial charge in [-0.3, -0.25) is 0 Å².